The summed E-state index contributed by atoms with van der Waals surface area (Å²) in [4.78, 5) is 14.5. The highest BCUT2D eigenvalue weighted by atomic mass is 16.5. The SMILES string of the molecule is CCc1ccc(OCCC(=O)Nc2ccc(N(CC)CC)cc2C)cc1. The van der Waals surface area contributed by atoms with Crippen molar-refractivity contribution in [3.63, 3.8) is 0 Å². The molecule has 0 spiro atoms. The van der Waals surface area contributed by atoms with Crippen LogP contribution < -0.4 is 15.0 Å². The number of carbonyl (C=O) groups excluding carboxylic acids is 1. The van der Waals surface area contributed by atoms with E-state index in [1.54, 1.807) is 0 Å². The molecule has 0 aliphatic carbocycles. The Labute approximate surface area is 157 Å². The molecule has 0 saturated heterocycles. The molecule has 2 aromatic rings. The van der Waals surface area contributed by atoms with Gasteiger partial charge in [0.2, 0.25) is 5.91 Å². The van der Waals surface area contributed by atoms with Crippen molar-refractivity contribution in [3.8, 4) is 5.75 Å². The minimum atomic E-state index is -0.0335. The summed E-state index contributed by atoms with van der Waals surface area (Å²) >= 11 is 0. The molecular formula is C22H30N2O2. The van der Waals surface area contributed by atoms with Gasteiger partial charge >= 0.3 is 0 Å². The first kappa shape index (κ1) is 19.8. The smallest absolute Gasteiger partial charge is 0.227 e. The fourth-order valence-corrected chi connectivity index (χ4v) is 2.87. The van der Waals surface area contributed by atoms with Crippen molar-refractivity contribution in [2.45, 2.75) is 40.5 Å². The number of anilines is 2. The molecule has 0 saturated carbocycles. The van der Waals surface area contributed by atoms with Gasteiger partial charge in [-0.2, -0.15) is 0 Å². The molecule has 4 nitrogen and oxygen atoms in total. The Hall–Kier alpha value is -2.49. The number of carbonyl (C=O) groups is 1. The van der Waals surface area contributed by atoms with E-state index in [0.29, 0.717) is 13.0 Å². The third-order valence-electron chi connectivity index (χ3n) is 4.54. The maximum Gasteiger partial charge on any atom is 0.227 e. The lowest BCUT2D eigenvalue weighted by molar-refractivity contribution is -0.116. The van der Waals surface area contributed by atoms with Crippen LogP contribution in [0.3, 0.4) is 0 Å². The molecule has 4 heteroatoms. The Kier molecular flexibility index (Phi) is 7.52. The quantitative estimate of drug-likeness (QED) is 0.702. The fraction of sp³-hybridized carbons (Fsp3) is 0.409. The van der Waals surface area contributed by atoms with E-state index in [9.17, 15) is 4.79 Å². The van der Waals surface area contributed by atoms with Crippen LogP contribution in [0.2, 0.25) is 0 Å². The monoisotopic (exact) mass is 354 g/mol. The molecule has 0 aromatic heterocycles. The maximum absolute atomic E-state index is 12.2. The van der Waals surface area contributed by atoms with Gasteiger partial charge in [0.25, 0.3) is 0 Å². The molecule has 140 valence electrons. The summed E-state index contributed by atoms with van der Waals surface area (Å²) in [5, 5.41) is 2.98. The van der Waals surface area contributed by atoms with E-state index < -0.39 is 0 Å². The van der Waals surface area contributed by atoms with E-state index >= 15 is 0 Å². The van der Waals surface area contributed by atoms with Gasteiger partial charge in [0.05, 0.1) is 13.0 Å². The van der Waals surface area contributed by atoms with E-state index in [-0.39, 0.29) is 5.91 Å². The molecule has 0 aliphatic heterocycles. The van der Waals surface area contributed by atoms with Gasteiger partial charge in [-0.25, -0.2) is 0 Å². The van der Waals surface area contributed by atoms with Gasteiger partial charge in [-0.15, -0.1) is 0 Å². The summed E-state index contributed by atoms with van der Waals surface area (Å²) in [6, 6.07) is 14.2. The highest BCUT2D eigenvalue weighted by molar-refractivity contribution is 5.91. The molecule has 0 heterocycles. The average molecular weight is 354 g/mol. The van der Waals surface area contributed by atoms with Gasteiger partial charge in [0.1, 0.15) is 5.75 Å². The number of nitrogens with one attached hydrogen (secondary N) is 1. The predicted molar refractivity (Wildman–Crippen MR) is 109 cm³/mol. The first-order chi connectivity index (χ1) is 12.6. The van der Waals surface area contributed by atoms with Crippen LogP contribution in [-0.2, 0) is 11.2 Å². The molecule has 0 radical (unpaired) electrons. The second-order valence-electron chi connectivity index (χ2n) is 6.32. The van der Waals surface area contributed by atoms with Gasteiger partial charge in [0, 0.05) is 24.5 Å². The normalized spacial score (nSPS) is 10.5. The molecule has 1 N–H and O–H groups in total. The van der Waals surface area contributed by atoms with E-state index in [2.05, 4.69) is 55.3 Å². The Morgan fingerprint density at radius 3 is 2.31 bits per heavy atom. The number of ether oxygens (including phenoxy) is 1. The number of amides is 1. The summed E-state index contributed by atoms with van der Waals surface area (Å²) in [6.45, 7) is 10.7. The average Bonchev–Trinajstić information content (AvgIpc) is 2.65. The standard InChI is InChI=1S/C22H30N2O2/c1-5-18-8-11-20(12-9-18)26-15-14-22(25)23-21-13-10-19(16-17(21)4)24(6-2)7-3/h8-13,16H,5-7,14-15H2,1-4H3,(H,23,25). The molecule has 0 atom stereocenters. The van der Waals surface area contributed by atoms with Gasteiger partial charge < -0.3 is 15.0 Å². The van der Waals surface area contributed by atoms with Crippen LogP contribution in [0.15, 0.2) is 42.5 Å². The van der Waals surface area contributed by atoms with E-state index in [0.717, 1.165) is 36.5 Å². The van der Waals surface area contributed by atoms with Crippen molar-refractivity contribution in [3.05, 3.63) is 53.6 Å². The lowest BCUT2D eigenvalue weighted by Gasteiger charge is -2.22. The zero-order chi connectivity index (χ0) is 18.9. The molecular weight excluding hydrogens is 324 g/mol. The summed E-state index contributed by atoms with van der Waals surface area (Å²) in [5.74, 6) is 0.767. The predicted octanol–water partition coefficient (Wildman–Crippen LogP) is 4.81. The molecule has 2 aromatic carbocycles. The number of aryl methyl sites for hydroxylation is 2. The van der Waals surface area contributed by atoms with Crippen LogP contribution in [0, 0.1) is 6.92 Å². The van der Waals surface area contributed by atoms with Crippen LogP contribution in [-0.4, -0.2) is 25.6 Å². The van der Waals surface area contributed by atoms with Crippen molar-refractivity contribution in [2.75, 3.05) is 29.9 Å². The number of nitrogens with zero attached hydrogens (tertiary/aromatic N) is 1. The summed E-state index contributed by atoms with van der Waals surface area (Å²) < 4.78 is 5.66. The van der Waals surface area contributed by atoms with E-state index in [1.165, 1.54) is 11.3 Å². The van der Waals surface area contributed by atoms with Crippen LogP contribution in [0.25, 0.3) is 0 Å². The van der Waals surface area contributed by atoms with Crippen LogP contribution in [0.4, 0.5) is 11.4 Å². The molecule has 0 unspecified atom stereocenters. The zero-order valence-electron chi connectivity index (χ0n) is 16.3. The Morgan fingerprint density at radius 2 is 1.73 bits per heavy atom. The topological polar surface area (TPSA) is 41.6 Å². The second kappa shape index (κ2) is 9.85. The molecule has 2 rings (SSSR count). The van der Waals surface area contributed by atoms with Crippen molar-refractivity contribution in [1.29, 1.82) is 0 Å². The van der Waals surface area contributed by atoms with Crippen LogP contribution in [0.5, 0.6) is 5.75 Å². The Morgan fingerprint density at radius 1 is 1.04 bits per heavy atom. The highest BCUT2D eigenvalue weighted by Crippen LogP contribution is 2.23. The molecule has 0 bridgehead atoms. The highest BCUT2D eigenvalue weighted by Gasteiger charge is 2.08. The van der Waals surface area contributed by atoms with Gasteiger partial charge in [-0.05, 0) is 68.7 Å². The van der Waals surface area contributed by atoms with Crippen LogP contribution >= 0.6 is 0 Å². The van der Waals surface area contributed by atoms with Crippen LogP contribution in [0.1, 0.15) is 38.3 Å². The van der Waals surface area contributed by atoms with Crippen molar-refractivity contribution < 1.29 is 9.53 Å². The molecule has 0 fully saturated rings. The summed E-state index contributed by atoms with van der Waals surface area (Å²) in [5.41, 5.74) is 4.39. The lowest BCUT2D eigenvalue weighted by atomic mass is 10.1. The zero-order valence-corrected chi connectivity index (χ0v) is 16.3. The molecule has 1 amide bonds. The summed E-state index contributed by atoms with van der Waals surface area (Å²) in [6.07, 6.45) is 1.34. The number of rotatable bonds is 9. The minimum Gasteiger partial charge on any atom is -0.493 e. The van der Waals surface area contributed by atoms with Gasteiger partial charge in [-0.1, -0.05) is 19.1 Å². The number of hydrogen-bond acceptors (Lipinski definition) is 3. The van der Waals surface area contributed by atoms with Gasteiger partial charge in [-0.3, -0.25) is 4.79 Å². The third-order valence-corrected chi connectivity index (χ3v) is 4.54. The summed E-state index contributed by atoms with van der Waals surface area (Å²) in [7, 11) is 0. The Balaban J connectivity index is 1.85. The fourth-order valence-electron chi connectivity index (χ4n) is 2.87. The second-order valence-corrected chi connectivity index (χ2v) is 6.32. The first-order valence-corrected chi connectivity index (χ1v) is 9.44. The van der Waals surface area contributed by atoms with Gasteiger partial charge in [0.15, 0.2) is 0 Å². The van der Waals surface area contributed by atoms with E-state index in [1.807, 2.05) is 25.1 Å². The number of hydrogen-bond donors (Lipinski definition) is 1. The van der Waals surface area contributed by atoms with Crippen molar-refractivity contribution in [1.82, 2.24) is 0 Å². The number of benzene rings is 2. The first-order valence-electron chi connectivity index (χ1n) is 9.44. The van der Waals surface area contributed by atoms with Crippen molar-refractivity contribution >= 4 is 17.3 Å². The minimum absolute atomic E-state index is 0.0335. The molecule has 0 aliphatic rings. The Bertz CT molecular complexity index is 707. The van der Waals surface area contributed by atoms with Crippen molar-refractivity contribution in [2.24, 2.45) is 0 Å². The molecule has 26 heavy (non-hydrogen) atoms. The lowest BCUT2D eigenvalue weighted by Crippen LogP contribution is -2.22. The largest absolute Gasteiger partial charge is 0.493 e. The third kappa shape index (κ3) is 5.51. The maximum atomic E-state index is 12.2. The van der Waals surface area contributed by atoms with E-state index in [4.69, 9.17) is 4.74 Å².